The maximum absolute atomic E-state index is 12.7. The molecule has 1 aromatic carbocycles. The van der Waals surface area contributed by atoms with E-state index >= 15 is 0 Å². The highest BCUT2D eigenvalue weighted by molar-refractivity contribution is 5.99. The third-order valence-corrected chi connectivity index (χ3v) is 7.48. The first-order valence-corrected chi connectivity index (χ1v) is 12.9. The number of aryl methyl sites for hydroxylation is 3. The van der Waals surface area contributed by atoms with Crippen molar-refractivity contribution in [2.45, 2.75) is 44.6 Å². The zero-order valence-electron chi connectivity index (χ0n) is 20.7. The number of nitrogens with zero attached hydrogens (tertiary/aromatic N) is 4. The summed E-state index contributed by atoms with van der Waals surface area (Å²) >= 11 is 0. The quantitative estimate of drug-likeness (QED) is 0.423. The van der Waals surface area contributed by atoms with E-state index < -0.39 is 12.0 Å². The molecular formula is C27H34N6O3. The summed E-state index contributed by atoms with van der Waals surface area (Å²) in [6.07, 6.45) is 7.49. The van der Waals surface area contributed by atoms with Gasteiger partial charge in [0.05, 0.1) is 11.7 Å². The van der Waals surface area contributed by atoms with E-state index in [1.807, 2.05) is 13.1 Å². The average molecular weight is 491 g/mol. The van der Waals surface area contributed by atoms with Gasteiger partial charge >= 0.3 is 5.97 Å². The molecule has 0 aliphatic carbocycles. The third kappa shape index (κ3) is 5.51. The first kappa shape index (κ1) is 24.2. The normalized spacial score (nSPS) is 18.5. The summed E-state index contributed by atoms with van der Waals surface area (Å²) in [6, 6.07) is 8.72. The van der Waals surface area contributed by atoms with Crippen LogP contribution < -0.4 is 10.6 Å². The molecule has 190 valence electrons. The summed E-state index contributed by atoms with van der Waals surface area (Å²) in [6.45, 7) is 3.57. The first-order valence-electron chi connectivity index (χ1n) is 12.9. The summed E-state index contributed by atoms with van der Waals surface area (Å²) < 4.78 is 1.74. The highest BCUT2D eigenvalue weighted by Gasteiger charge is 2.26. The molecule has 1 fully saturated rings. The highest BCUT2D eigenvalue weighted by atomic mass is 16.4. The zero-order chi connectivity index (χ0) is 25.1. The molecule has 9 nitrogen and oxygen atoms in total. The molecule has 3 N–H and O–H groups in total. The lowest BCUT2D eigenvalue weighted by Gasteiger charge is -2.20. The van der Waals surface area contributed by atoms with Crippen molar-refractivity contribution in [3.8, 4) is 0 Å². The van der Waals surface area contributed by atoms with Gasteiger partial charge < -0.3 is 20.6 Å². The van der Waals surface area contributed by atoms with Gasteiger partial charge in [0.15, 0.2) is 0 Å². The van der Waals surface area contributed by atoms with Crippen molar-refractivity contribution in [1.82, 2.24) is 25.0 Å². The molecule has 2 aliphatic rings. The maximum Gasteiger partial charge on any atom is 0.326 e. The summed E-state index contributed by atoms with van der Waals surface area (Å²) in [5.74, 6) is 0.252. The molecule has 1 amide bonds. The van der Waals surface area contributed by atoms with E-state index in [0.717, 1.165) is 67.7 Å². The Balaban J connectivity index is 1.09. The molecule has 4 heterocycles. The number of hydrogen-bond acceptors (Lipinski definition) is 6. The second kappa shape index (κ2) is 10.7. The Morgan fingerprint density at radius 3 is 3.03 bits per heavy atom. The molecule has 0 saturated carbocycles. The Bertz CT molecular complexity index is 1260. The molecule has 2 aromatic heterocycles. The van der Waals surface area contributed by atoms with Gasteiger partial charge in [0.25, 0.3) is 5.91 Å². The molecule has 1 unspecified atom stereocenters. The number of likely N-dealkylation sites (tertiary alicyclic amines) is 1. The monoisotopic (exact) mass is 490 g/mol. The molecule has 2 aliphatic heterocycles. The minimum Gasteiger partial charge on any atom is -0.480 e. The molecule has 9 heteroatoms. The topological polar surface area (TPSA) is 112 Å². The van der Waals surface area contributed by atoms with E-state index in [9.17, 15) is 14.7 Å². The van der Waals surface area contributed by atoms with Crippen LogP contribution in [0.15, 0.2) is 36.5 Å². The lowest BCUT2D eigenvalue weighted by atomic mass is 10.00. The molecule has 0 spiro atoms. The van der Waals surface area contributed by atoms with Crippen LogP contribution in [0.4, 0.5) is 5.82 Å². The zero-order valence-corrected chi connectivity index (χ0v) is 20.7. The number of carboxylic acids is 1. The van der Waals surface area contributed by atoms with Crippen LogP contribution in [0.25, 0.3) is 10.9 Å². The molecule has 0 bridgehead atoms. The fraction of sp³-hybridized carbons (Fsp3) is 0.481. The highest BCUT2D eigenvalue weighted by Crippen LogP contribution is 2.24. The minimum absolute atomic E-state index is 0.375. The number of aromatic nitrogens is 3. The van der Waals surface area contributed by atoms with Gasteiger partial charge in [-0.2, -0.15) is 5.10 Å². The molecule has 0 radical (unpaired) electrons. The number of rotatable bonds is 9. The van der Waals surface area contributed by atoms with Crippen molar-refractivity contribution in [2.75, 3.05) is 31.5 Å². The summed E-state index contributed by atoms with van der Waals surface area (Å²) in [5, 5.41) is 20.9. The van der Waals surface area contributed by atoms with Gasteiger partial charge in [0.2, 0.25) is 0 Å². The Morgan fingerprint density at radius 2 is 2.17 bits per heavy atom. The lowest BCUT2D eigenvalue weighted by Crippen LogP contribution is -2.43. The van der Waals surface area contributed by atoms with Gasteiger partial charge in [0, 0.05) is 43.3 Å². The van der Waals surface area contributed by atoms with Crippen LogP contribution >= 0.6 is 0 Å². The van der Waals surface area contributed by atoms with Crippen molar-refractivity contribution in [3.63, 3.8) is 0 Å². The number of nitrogens with one attached hydrogen (secondary N) is 2. The SMILES string of the molecule is Cn1ncc2cc(C(=O)NC(CCN3CC[C@H](CCc4ccc5c(n4)NCCC5)C3)C(=O)O)ccc21. The third-order valence-electron chi connectivity index (χ3n) is 7.48. The van der Waals surface area contributed by atoms with Gasteiger partial charge in [-0.15, -0.1) is 0 Å². The number of hydrogen-bond donors (Lipinski definition) is 3. The molecule has 1 saturated heterocycles. The van der Waals surface area contributed by atoms with E-state index in [1.165, 1.54) is 12.0 Å². The molecule has 3 aromatic rings. The van der Waals surface area contributed by atoms with E-state index in [4.69, 9.17) is 4.98 Å². The van der Waals surface area contributed by atoms with Crippen LogP contribution in [0, 0.1) is 5.92 Å². The van der Waals surface area contributed by atoms with Crippen LogP contribution in [-0.2, 0) is 24.7 Å². The molecule has 36 heavy (non-hydrogen) atoms. The number of aliphatic carboxylic acids is 1. The number of pyridine rings is 1. The number of benzene rings is 1. The van der Waals surface area contributed by atoms with Crippen molar-refractivity contribution < 1.29 is 14.7 Å². The Hall–Kier alpha value is -3.46. The molecular weight excluding hydrogens is 456 g/mol. The maximum atomic E-state index is 12.7. The Morgan fingerprint density at radius 1 is 1.28 bits per heavy atom. The van der Waals surface area contributed by atoms with E-state index in [0.29, 0.717) is 24.4 Å². The van der Waals surface area contributed by atoms with E-state index in [1.54, 1.807) is 23.0 Å². The predicted octanol–water partition coefficient (Wildman–Crippen LogP) is 2.85. The molecule has 5 rings (SSSR count). The van der Waals surface area contributed by atoms with Crippen molar-refractivity contribution >= 4 is 28.6 Å². The van der Waals surface area contributed by atoms with Crippen LogP contribution in [0.5, 0.6) is 0 Å². The number of carbonyl (C=O) groups excluding carboxylic acids is 1. The summed E-state index contributed by atoms with van der Waals surface area (Å²) in [7, 11) is 1.84. The van der Waals surface area contributed by atoms with Crippen LogP contribution in [-0.4, -0.2) is 68.9 Å². The summed E-state index contributed by atoms with van der Waals surface area (Å²) in [4.78, 5) is 31.7. The van der Waals surface area contributed by atoms with Gasteiger partial charge in [-0.25, -0.2) is 9.78 Å². The number of anilines is 1. The van der Waals surface area contributed by atoms with Crippen molar-refractivity contribution in [2.24, 2.45) is 13.0 Å². The van der Waals surface area contributed by atoms with E-state index in [2.05, 4.69) is 32.8 Å². The van der Waals surface area contributed by atoms with E-state index in [-0.39, 0.29) is 5.91 Å². The van der Waals surface area contributed by atoms with Crippen LogP contribution in [0.1, 0.15) is 47.3 Å². The standard InChI is InChI=1S/C27H34N6O3/c1-32-24-9-6-20(15-21(24)16-29-32)26(34)31-23(27(35)36)11-14-33-13-10-18(17-33)4-7-22-8-5-19-3-2-12-28-25(19)30-22/h5-6,8-9,15-16,18,23H,2-4,7,10-14,17H2,1H3,(H,28,30)(H,31,34)(H,35,36)/t18-,23?/m0/s1. The number of carboxylic acid groups (broad SMARTS) is 1. The minimum atomic E-state index is -1.01. The van der Waals surface area contributed by atoms with Gasteiger partial charge in [0.1, 0.15) is 11.9 Å². The number of amides is 1. The van der Waals surface area contributed by atoms with Crippen LogP contribution in [0.3, 0.4) is 0 Å². The number of fused-ring (bicyclic) bond motifs is 2. The van der Waals surface area contributed by atoms with Gasteiger partial charge in [-0.05, 0) is 80.8 Å². The summed E-state index contributed by atoms with van der Waals surface area (Å²) in [5.41, 5.74) is 3.81. The molecule has 2 atom stereocenters. The first-order chi connectivity index (χ1) is 17.5. The largest absolute Gasteiger partial charge is 0.480 e. The van der Waals surface area contributed by atoms with Crippen molar-refractivity contribution in [3.05, 3.63) is 53.3 Å². The smallest absolute Gasteiger partial charge is 0.326 e. The second-order valence-electron chi connectivity index (χ2n) is 10.0. The van der Waals surface area contributed by atoms with Crippen LogP contribution in [0.2, 0.25) is 0 Å². The lowest BCUT2D eigenvalue weighted by molar-refractivity contribution is -0.139. The van der Waals surface area contributed by atoms with Crippen molar-refractivity contribution in [1.29, 1.82) is 0 Å². The fourth-order valence-electron chi connectivity index (χ4n) is 5.33. The Kier molecular flexibility index (Phi) is 7.18. The fourth-order valence-corrected chi connectivity index (χ4v) is 5.33. The van der Waals surface area contributed by atoms with Gasteiger partial charge in [-0.1, -0.05) is 6.07 Å². The van der Waals surface area contributed by atoms with Gasteiger partial charge in [-0.3, -0.25) is 9.48 Å². The Labute approximate surface area is 210 Å². The predicted molar refractivity (Wildman–Crippen MR) is 138 cm³/mol. The second-order valence-corrected chi connectivity index (χ2v) is 10.0. The average Bonchev–Trinajstić information content (AvgIpc) is 3.50. The number of carbonyl (C=O) groups is 2.